The summed E-state index contributed by atoms with van der Waals surface area (Å²) in [5.74, 6) is 0.917. The van der Waals surface area contributed by atoms with Gasteiger partial charge in [0.1, 0.15) is 12.4 Å². The van der Waals surface area contributed by atoms with Crippen LogP contribution >= 0.6 is 0 Å². The van der Waals surface area contributed by atoms with Crippen LogP contribution in [0.1, 0.15) is 10.4 Å². The summed E-state index contributed by atoms with van der Waals surface area (Å²) in [6, 6.07) is 7.39. The normalized spacial score (nSPS) is 15.4. The minimum Gasteiger partial charge on any atom is -0.490 e. The zero-order chi connectivity index (χ0) is 12.1. The minimum atomic E-state index is 0.0992. The zero-order valence-electron chi connectivity index (χ0n) is 9.94. The molecule has 1 aromatic rings. The number of Topliss-reactive ketones (excluding diaryl/α,β-unsaturated/α-hetero) is 1. The van der Waals surface area contributed by atoms with Crippen molar-refractivity contribution in [3.05, 3.63) is 29.8 Å². The van der Waals surface area contributed by atoms with Gasteiger partial charge in [-0.1, -0.05) is 12.1 Å². The second kappa shape index (κ2) is 5.80. The van der Waals surface area contributed by atoms with E-state index in [0.29, 0.717) is 24.5 Å². The predicted molar refractivity (Wildman–Crippen MR) is 64.5 cm³/mol. The molecule has 0 atom stereocenters. The molecular formula is C13H17NO3. The molecule has 1 aliphatic rings. The molecule has 0 saturated carbocycles. The van der Waals surface area contributed by atoms with Crippen molar-refractivity contribution >= 4 is 5.78 Å². The van der Waals surface area contributed by atoms with Gasteiger partial charge in [-0.25, -0.2) is 0 Å². The SMILES string of the molecule is COCCOc1ccccc1C(=O)C1CNC1. The van der Waals surface area contributed by atoms with Gasteiger partial charge in [-0.15, -0.1) is 0 Å². The summed E-state index contributed by atoms with van der Waals surface area (Å²) in [4.78, 5) is 12.1. The quantitative estimate of drug-likeness (QED) is 0.593. The molecule has 1 aliphatic heterocycles. The second-order valence-electron chi connectivity index (χ2n) is 4.06. The van der Waals surface area contributed by atoms with Gasteiger partial charge in [-0.3, -0.25) is 4.79 Å². The van der Waals surface area contributed by atoms with Crippen LogP contribution in [0.15, 0.2) is 24.3 Å². The first-order chi connectivity index (χ1) is 8.33. The molecule has 1 N–H and O–H groups in total. The van der Waals surface area contributed by atoms with Crippen molar-refractivity contribution in [1.82, 2.24) is 5.32 Å². The molecule has 0 aromatic heterocycles. The Bertz CT molecular complexity index is 388. The Hall–Kier alpha value is -1.39. The molecule has 4 heteroatoms. The van der Waals surface area contributed by atoms with Crippen LogP contribution in [0.4, 0.5) is 0 Å². The molecule has 1 aromatic carbocycles. The van der Waals surface area contributed by atoms with Crippen molar-refractivity contribution in [3.63, 3.8) is 0 Å². The van der Waals surface area contributed by atoms with Gasteiger partial charge >= 0.3 is 0 Å². The molecular weight excluding hydrogens is 218 g/mol. The third kappa shape index (κ3) is 2.84. The average molecular weight is 235 g/mol. The maximum atomic E-state index is 12.1. The number of ketones is 1. The number of carbonyl (C=O) groups is 1. The molecule has 1 saturated heterocycles. The fourth-order valence-corrected chi connectivity index (χ4v) is 1.73. The number of benzene rings is 1. The average Bonchev–Trinajstić information content (AvgIpc) is 2.27. The highest BCUT2D eigenvalue weighted by Gasteiger charge is 2.27. The summed E-state index contributed by atoms with van der Waals surface area (Å²) in [6.45, 7) is 2.52. The summed E-state index contributed by atoms with van der Waals surface area (Å²) in [5.41, 5.74) is 0.676. The summed E-state index contributed by atoms with van der Waals surface area (Å²) in [6.07, 6.45) is 0. The van der Waals surface area contributed by atoms with E-state index >= 15 is 0 Å². The van der Waals surface area contributed by atoms with Crippen molar-refractivity contribution in [3.8, 4) is 5.75 Å². The smallest absolute Gasteiger partial charge is 0.172 e. The van der Waals surface area contributed by atoms with Gasteiger partial charge in [-0.05, 0) is 12.1 Å². The monoisotopic (exact) mass is 235 g/mol. The fourth-order valence-electron chi connectivity index (χ4n) is 1.73. The van der Waals surface area contributed by atoms with Crippen LogP contribution in [0, 0.1) is 5.92 Å². The van der Waals surface area contributed by atoms with E-state index in [4.69, 9.17) is 9.47 Å². The Morgan fingerprint density at radius 3 is 2.76 bits per heavy atom. The van der Waals surface area contributed by atoms with Crippen molar-refractivity contribution in [2.45, 2.75) is 0 Å². The highest BCUT2D eigenvalue weighted by atomic mass is 16.5. The van der Waals surface area contributed by atoms with Crippen molar-refractivity contribution in [1.29, 1.82) is 0 Å². The third-order valence-corrected chi connectivity index (χ3v) is 2.85. The van der Waals surface area contributed by atoms with E-state index in [9.17, 15) is 4.79 Å². The van der Waals surface area contributed by atoms with Crippen LogP contribution in [0.3, 0.4) is 0 Å². The molecule has 4 nitrogen and oxygen atoms in total. The summed E-state index contributed by atoms with van der Waals surface area (Å²) >= 11 is 0. The van der Waals surface area contributed by atoms with Crippen LogP contribution in [0.25, 0.3) is 0 Å². The van der Waals surface area contributed by atoms with E-state index in [0.717, 1.165) is 13.1 Å². The van der Waals surface area contributed by atoms with Gasteiger partial charge in [0.25, 0.3) is 0 Å². The van der Waals surface area contributed by atoms with Crippen molar-refractivity contribution < 1.29 is 14.3 Å². The first-order valence-corrected chi connectivity index (χ1v) is 5.78. The second-order valence-corrected chi connectivity index (χ2v) is 4.06. The Morgan fingerprint density at radius 1 is 1.35 bits per heavy atom. The van der Waals surface area contributed by atoms with Gasteiger partial charge in [0.15, 0.2) is 5.78 Å². The van der Waals surface area contributed by atoms with Crippen LogP contribution in [0.2, 0.25) is 0 Å². The summed E-state index contributed by atoms with van der Waals surface area (Å²) in [5, 5.41) is 3.10. The Labute approximate surface area is 101 Å². The molecule has 0 radical (unpaired) electrons. The van der Waals surface area contributed by atoms with Crippen LogP contribution in [-0.2, 0) is 4.74 Å². The van der Waals surface area contributed by atoms with Crippen LogP contribution < -0.4 is 10.1 Å². The first kappa shape index (κ1) is 12.1. The Morgan fingerprint density at radius 2 is 2.12 bits per heavy atom. The highest BCUT2D eigenvalue weighted by Crippen LogP contribution is 2.22. The molecule has 92 valence electrons. The van der Waals surface area contributed by atoms with Crippen LogP contribution in [0.5, 0.6) is 5.75 Å². The largest absolute Gasteiger partial charge is 0.490 e. The van der Waals surface area contributed by atoms with E-state index in [1.54, 1.807) is 7.11 Å². The standard InChI is InChI=1S/C13H17NO3/c1-16-6-7-17-12-5-3-2-4-11(12)13(15)10-8-14-9-10/h2-5,10,14H,6-9H2,1H3. The number of ether oxygens (including phenoxy) is 2. The lowest BCUT2D eigenvalue weighted by atomic mass is 9.92. The molecule has 0 unspecified atom stereocenters. The molecule has 17 heavy (non-hydrogen) atoms. The molecule has 1 heterocycles. The number of hydrogen-bond donors (Lipinski definition) is 1. The molecule has 0 bridgehead atoms. The number of nitrogens with one attached hydrogen (secondary N) is 1. The fraction of sp³-hybridized carbons (Fsp3) is 0.462. The predicted octanol–water partition coefficient (Wildman–Crippen LogP) is 1.11. The lowest BCUT2D eigenvalue weighted by Crippen LogP contribution is -2.46. The van der Waals surface area contributed by atoms with Gasteiger partial charge < -0.3 is 14.8 Å². The zero-order valence-corrected chi connectivity index (χ0v) is 9.94. The number of para-hydroxylation sites is 1. The summed E-state index contributed by atoms with van der Waals surface area (Å²) < 4.78 is 10.5. The third-order valence-electron chi connectivity index (χ3n) is 2.85. The number of methoxy groups -OCH3 is 1. The number of rotatable bonds is 6. The molecule has 1 fully saturated rings. The van der Waals surface area contributed by atoms with E-state index in [2.05, 4.69) is 5.32 Å². The van der Waals surface area contributed by atoms with Gasteiger partial charge in [0.05, 0.1) is 12.2 Å². The number of carbonyl (C=O) groups excluding carboxylic acids is 1. The molecule has 2 rings (SSSR count). The lowest BCUT2D eigenvalue weighted by Gasteiger charge is -2.26. The van der Waals surface area contributed by atoms with Crippen molar-refractivity contribution in [2.75, 3.05) is 33.4 Å². The Balaban J connectivity index is 2.06. The molecule has 0 spiro atoms. The van der Waals surface area contributed by atoms with E-state index in [1.165, 1.54) is 0 Å². The van der Waals surface area contributed by atoms with E-state index in [1.807, 2.05) is 24.3 Å². The van der Waals surface area contributed by atoms with Crippen LogP contribution in [-0.4, -0.2) is 39.2 Å². The van der Waals surface area contributed by atoms with Crippen molar-refractivity contribution in [2.24, 2.45) is 5.92 Å². The van der Waals surface area contributed by atoms with Gasteiger partial charge in [0.2, 0.25) is 0 Å². The lowest BCUT2D eigenvalue weighted by molar-refractivity contribution is 0.0870. The minimum absolute atomic E-state index is 0.0992. The van der Waals surface area contributed by atoms with Gasteiger partial charge in [-0.2, -0.15) is 0 Å². The van der Waals surface area contributed by atoms with E-state index in [-0.39, 0.29) is 11.7 Å². The topological polar surface area (TPSA) is 47.6 Å². The number of hydrogen-bond acceptors (Lipinski definition) is 4. The maximum absolute atomic E-state index is 12.1. The maximum Gasteiger partial charge on any atom is 0.172 e. The highest BCUT2D eigenvalue weighted by molar-refractivity contribution is 6.01. The summed E-state index contributed by atoms with van der Waals surface area (Å²) in [7, 11) is 1.63. The van der Waals surface area contributed by atoms with Gasteiger partial charge in [0, 0.05) is 26.1 Å². The molecule has 0 amide bonds. The Kier molecular flexibility index (Phi) is 4.12. The first-order valence-electron chi connectivity index (χ1n) is 5.78. The molecule has 0 aliphatic carbocycles. The van der Waals surface area contributed by atoms with E-state index < -0.39 is 0 Å².